The van der Waals surface area contributed by atoms with Gasteiger partial charge in [0.2, 0.25) is 0 Å². The highest BCUT2D eigenvalue weighted by molar-refractivity contribution is 6.04. The normalized spacial score (nSPS) is 10.3. The molecule has 0 bridgehead atoms. The van der Waals surface area contributed by atoms with Crippen LogP contribution in [0, 0.1) is 18.6 Å². The molecular weight excluding hydrogens is 252 g/mol. The average molecular weight is 263 g/mol. The number of aromatic hydroxyl groups is 1. The van der Waals surface area contributed by atoms with Gasteiger partial charge in [-0.2, -0.15) is 0 Å². The smallest absolute Gasteiger partial charge is 0.255 e. The Labute approximate surface area is 108 Å². The topological polar surface area (TPSA) is 49.3 Å². The van der Waals surface area contributed by atoms with Crippen LogP contribution in [0.1, 0.15) is 15.9 Å². The third-order valence-electron chi connectivity index (χ3n) is 2.51. The van der Waals surface area contributed by atoms with Crippen molar-refractivity contribution >= 4 is 11.6 Å². The molecule has 0 aromatic heterocycles. The number of aryl methyl sites for hydroxylation is 1. The number of nitrogens with one attached hydrogen (secondary N) is 1. The quantitative estimate of drug-likeness (QED) is 0.817. The summed E-state index contributed by atoms with van der Waals surface area (Å²) in [5.74, 6) is -2.40. The van der Waals surface area contributed by atoms with E-state index in [2.05, 4.69) is 5.32 Å². The van der Waals surface area contributed by atoms with Crippen molar-refractivity contribution in [2.45, 2.75) is 6.92 Å². The molecule has 0 fully saturated rings. The summed E-state index contributed by atoms with van der Waals surface area (Å²) in [6, 6.07) is 7.38. The molecule has 1 amide bonds. The minimum atomic E-state index is -0.840. The molecule has 0 radical (unpaired) electrons. The van der Waals surface area contributed by atoms with Crippen LogP contribution in [0.2, 0.25) is 0 Å². The molecule has 19 heavy (non-hydrogen) atoms. The summed E-state index contributed by atoms with van der Waals surface area (Å²) >= 11 is 0. The molecule has 0 unspecified atom stereocenters. The fraction of sp³-hybridized carbons (Fsp3) is 0.0714. The monoisotopic (exact) mass is 263 g/mol. The van der Waals surface area contributed by atoms with Gasteiger partial charge in [0, 0.05) is 17.3 Å². The largest absolute Gasteiger partial charge is 0.505 e. The molecule has 3 nitrogen and oxygen atoms in total. The molecule has 2 rings (SSSR count). The number of rotatable bonds is 2. The summed E-state index contributed by atoms with van der Waals surface area (Å²) in [7, 11) is 0. The van der Waals surface area contributed by atoms with Gasteiger partial charge in [0.1, 0.15) is 5.82 Å². The predicted octanol–water partition coefficient (Wildman–Crippen LogP) is 3.23. The van der Waals surface area contributed by atoms with Crippen LogP contribution in [0.5, 0.6) is 5.75 Å². The van der Waals surface area contributed by atoms with Crippen LogP contribution >= 0.6 is 0 Å². The van der Waals surface area contributed by atoms with Gasteiger partial charge in [-0.25, -0.2) is 8.78 Å². The first-order chi connectivity index (χ1) is 8.95. The summed E-state index contributed by atoms with van der Waals surface area (Å²) in [6.45, 7) is 1.67. The number of phenolic OH excluding ortho intramolecular Hbond substituents is 1. The maximum Gasteiger partial charge on any atom is 0.255 e. The van der Waals surface area contributed by atoms with Crippen molar-refractivity contribution < 1.29 is 18.7 Å². The molecular formula is C14H11F2NO2. The molecule has 0 atom stereocenters. The molecule has 0 aliphatic heterocycles. The van der Waals surface area contributed by atoms with Crippen LogP contribution in [0.3, 0.4) is 0 Å². The number of benzene rings is 2. The van der Waals surface area contributed by atoms with Gasteiger partial charge in [0.25, 0.3) is 5.91 Å². The molecule has 0 spiro atoms. The maximum atomic E-state index is 13.2. The first-order valence-electron chi connectivity index (χ1n) is 5.53. The first-order valence-corrected chi connectivity index (χ1v) is 5.53. The molecule has 98 valence electrons. The molecule has 5 heteroatoms. The second kappa shape index (κ2) is 5.06. The van der Waals surface area contributed by atoms with Gasteiger partial charge < -0.3 is 10.4 Å². The van der Waals surface area contributed by atoms with Gasteiger partial charge in [-0.3, -0.25) is 4.79 Å². The van der Waals surface area contributed by atoms with E-state index in [0.717, 1.165) is 18.2 Å². The lowest BCUT2D eigenvalue weighted by Gasteiger charge is -2.07. The summed E-state index contributed by atoms with van der Waals surface area (Å²) in [6.07, 6.45) is 0. The van der Waals surface area contributed by atoms with E-state index in [1.807, 2.05) is 0 Å². The number of carbonyl (C=O) groups is 1. The predicted molar refractivity (Wildman–Crippen MR) is 67.2 cm³/mol. The zero-order chi connectivity index (χ0) is 14.0. The molecule has 2 aromatic rings. The highest BCUT2D eigenvalue weighted by Crippen LogP contribution is 2.20. The van der Waals surface area contributed by atoms with E-state index >= 15 is 0 Å². The van der Waals surface area contributed by atoms with Crippen molar-refractivity contribution in [1.29, 1.82) is 0 Å². The molecule has 0 aliphatic carbocycles. The maximum absolute atomic E-state index is 13.2. The molecule has 2 aromatic carbocycles. The van der Waals surface area contributed by atoms with E-state index < -0.39 is 23.3 Å². The third-order valence-corrected chi connectivity index (χ3v) is 2.51. The van der Waals surface area contributed by atoms with Crippen LogP contribution in [0.25, 0.3) is 0 Å². The van der Waals surface area contributed by atoms with Crippen LogP contribution in [0.15, 0.2) is 36.4 Å². The standard InChI is InChI=1S/C14H11F2NO2/c1-8-4-9(6-10(15)5-8)14(19)17-11-2-3-13(18)12(16)7-11/h2-7,18H,1H3,(H,17,19). The van der Waals surface area contributed by atoms with E-state index in [9.17, 15) is 13.6 Å². The van der Waals surface area contributed by atoms with Crippen LogP contribution in [-0.4, -0.2) is 11.0 Å². The van der Waals surface area contributed by atoms with Crippen molar-refractivity contribution in [3.8, 4) is 5.75 Å². The molecule has 0 saturated carbocycles. The second-order valence-electron chi connectivity index (χ2n) is 4.14. The van der Waals surface area contributed by atoms with Gasteiger partial charge in [-0.1, -0.05) is 0 Å². The number of amides is 1. The number of carbonyl (C=O) groups excluding carboxylic acids is 1. The zero-order valence-electron chi connectivity index (χ0n) is 10.1. The lowest BCUT2D eigenvalue weighted by atomic mass is 10.1. The van der Waals surface area contributed by atoms with E-state index in [-0.39, 0.29) is 11.3 Å². The van der Waals surface area contributed by atoms with Gasteiger partial charge in [-0.15, -0.1) is 0 Å². The molecule has 0 heterocycles. The van der Waals surface area contributed by atoms with E-state index in [1.165, 1.54) is 18.2 Å². The molecule has 0 aliphatic rings. The second-order valence-corrected chi connectivity index (χ2v) is 4.14. The number of anilines is 1. The zero-order valence-corrected chi connectivity index (χ0v) is 10.1. The van der Waals surface area contributed by atoms with Crippen molar-refractivity contribution in [3.05, 3.63) is 59.2 Å². The molecule has 0 saturated heterocycles. The highest BCUT2D eigenvalue weighted by Gasteiger charge is 2.09. The van der Waals surface area contributed by atoms with Crippen molar-refractivity contribution in [2.24, 2.45) is 0 Å². The number of phenols is 1. The Balaban J connectivity index is 2.22. The Morgan fingerprint density at radius 2 is 1.89 bits per heavy atom. The average Bonchev–Trinajstić information content (AvgIpc) is 2.32. The van der Waals surface area contributed by atoms with Crippen LogP contribution in [-0.2, 0) is 0 Å². The minimum Gasteiger partial charge on any atom is -0.505 e. The Hall–Kier alpha value is -2.43. The van der Waals surface area contributed by atoms with Crippen molar-refractivity contribution in [3.63, 3.8) is 0 Å². The summed E-state index contributed by atoms with van der Waals surface area (Å²) < 4.78 is 26.3. The summed E-state index contributed by atoms with van der Waals surface area (Å²) in [4.78, 5) is 11.9. The summed E-state index contributed by atoms with van der Waals surface area (Å²) in [5, 5.41) is 11.5. The van der Waals surface area contributed by atoms with Gasteiger partial charge >= 0.3 is 0 Å². The minimum absolute atomic E-state index is 0.144. The van der Waals surface area contributed by atoms with Crippen molar-refractivity contribution in [2.75, 3.05) is 5.32 Å². The van der Waals surface area contributed by atoms with Gasteiger partial charge in [-0.05, 0) is 42.8 Å². The number of halogens is 2. The first kappa shape index (κ1) is 13.0. The van der Waals surface area contributed by atoms with E-state index in [1.54, 1.807) is 6.92 Å². The highest BCUT2D eigenvalue weighted by atomic mass is 19.1. The fourth-order valence-corrected chi connectivity index (χ4v) is 1.66. The van der Waals surface area contributed by atoms with Crippen LogP contribution in [0.4, 0.5) is 14.5 Å². The Bertz CT molecular complexity index is 621. The number of hydrogen-bond acceptors (Lipinski definition) is 2. The van der Waals surface area contributed by atoms with E-state index in [0.29, 0.717) is 5.56 Å². The van der Waals surface area contributed by atoms with Gasteiger partial charge in [0.05, 0.1) is 0 Å². The molecule has 2 N–H and O–H groups in total. The summed E-state index contributed by atoms with van der Waals surface area (Å²) in [5.41, 5.74) is 0.940. The Morgan fingerprint density at radius 1 is 1.16 bits per heavy atom. The fourth-order valence-electron chi connectivity index (χ4n) is 1.66. The van der Waals surface area contributed by atoms with Crippen LogP contribution < -0.4 is 5.32 Å². The number of hydrogen-bond donors (Lipinski definition) is 2. The van der Waals surface area contributed by atoms with Gasteiger partial charge in [0.15, 0.2) is 11.6 Å². The lowest BCUT2D eigenvalue weighted by Crippen LogP contribution is -2.12. The SMILES string of the molecule is Cc1cc(F)cc(C(=O)Nc2ccc(O)c(F)c2)c1. The third kappa shape index (κ3) is 3.07. The Kier molecular flexibility index (Phi) is 3.46. The lowest BCUT2D eigenvalue weighted by molar-refractivity contribution is 0.102. The van der Waals surface area contributed by atoms with Crippen molar-refractivity contribution in [1.82, 2.24) is 0 Å². The Morgan fingerprint density at radius 3 is 2.53 bits per heavy atom. The van der Waals surface area contributed by atoms with E-state index in [4.69, 9.17) is 5.11 Å².